The fourth-order valence-electron chi connectivity index (χ4n) is 2.58. The molecule has 0 bridgehead atoms. The summed E-state index contributed by atoms with van der Waals surface area (Å²) in [7, 11) is 1.75. The van der Waals surface area contributed by atoms with Crippen molar-refractivity contribution in [1.29, 1.82) is 0 Å². The van der Waals surface area contributed by atoms with E-state index in [2.05, 4.69) is 34.8 Å². The third-order valence-corrected chi connectivity index (χ3v) is 3.89. The topological polar surface area (TPSA) is 84.0 Å². The van der Waals surface area contributed by atoms with Crippen molar-refractivity contribution < 1.29 is 14.3 Å². The van der Waals surface area contributed by atoms with Crippen LogP contribution in [-0.2, 0) is 9.53 Å². The van der Waals surface area contributed by atoms with Crippen LogP contribution in [0.4, 0.5) is 5.69 Å². The number of hydrogen-bond donors (Lipinski definition) is 3. The Morgan fingerprint density at radius 1 is 1.22 bits per heavy atom. The van der Waals surface area contributed by atoms with Crippen molar-refractivity contribution in [2.75, 3.05) is 38.7 Å². The van der Waals surface area contributed by atoms with Crippen LogP contribution < -0.4 is 20.7 Å². The number of nitrogens with one attached hydrogen (secondary N) is 3. The molecule has 0 aliphatic rings. The molecule has 1 aromatic rings. The molecule has 3 N–H and O–H groups in total. The first-order chi connectivity index (χ1) is 13.0. The summed E-state index contributed by atoms with van der Waals surface area (Å²) in [5.41, 5.74) is 0.722. The Morgan fingerprint density at radius 2 is 1.96 bits per heavy atom. The number of ether oxygens (including phenoxy) is 2. The van der Waals surface area contributed by atoms with E-state index in [9.17, 15) is 4.79 Å². The van der Waals surface area contributed by atoms with Gasteiger partial charge in [0.05, 0.1) is 12.6 Å². The lowest BCUT2D eigenvalue weighted by Crippen LogP contribution is -2.40. The summed E-state index contributed by atoms with van der Waals surface area (Å²) in [5, 5.41) is 9.26. The number of rotatable bonds is 11. The van der Waals surface area contributed by atoms with Crippen LogP contribution in [-0.4, -0.2) is 51.3 Å². The third-order valence-electron chi connectivity index (χ3n) is 3.89. The van der Waals surface area contributed by atoms with Crippen LogP contribution in [0.2, 0.25) is 0 Å². The first-order valence-corrected chi connectivity index (χ1v) is 9.52. The summed E-state index contributed by atoms with van der Waals surface area (Å²) in [5.74, 6) is 1.84. The highest BCUT2D eigenvalue weighted by molar-refractivity contribution is 5.88. The molecule has 0 spiro atoms. The molecule has 0 radical (unpaired) electrons. The van der Waals surface area contributed by atoms with Gasteiger partial charge in [0.1, 0.15) is 12.4 Å². The summed E-state index contributed by atoms with van der Waals surface area (Å²) in [6.45, 7) is 10.5. The van der Waals surface area contributed by atoms with Gasteiger partial charge in [-0.2, -0.15) is 0 Å². The number of carbonyl (C=O) groups is 1. The number of benzene rings is 1. The molecule has 7 heteroatoms. The molecule has 1 unspecified atom stereocenters. The molecule has 0 saturated carbocycles. The van der Waals surface area contributed by atoms with Crippen LogP contribution in [0.25, 0.3) is 0 Å². The largest absolute Gasteiger partial charge is 0.492 e. The van der Waals surface area contributed by atoms with E-state index >= 15 is 0 Å². The van der Waals surface area contributed by atoms with Gasteiger partial charge in [-0.1, -0.05) is 19.9 Å². The van der Waals surface area contributed by atoms with Gasteiger partial charge >= 0.3 is 0 Å². The number of guanidine groups is 1. The minimum atomic E-state index is -0.104. The number of amides is 1. The SMILES string of the molecule is CCOC(CCNC(=NC)NCCOc1cccc(NC(C)=O)c1)C(C)C. The van der Waals surface area contributed by atoms with Gasteiger partial charge in [0, 0.05) is 38.9 Å². The number of aliphatic imine (C=N–C) groups is 1. The molecule has 1 atom stereocenters. The van der Waals surface area contributed by atoms with Gasteiger partial charge in [0.2, 0.25) is 5.91 Å². The van der Waals surface area contributed by atoms with Crippen LogP contribution in [0.15, 0.2) is 29.3 Å². The Labute approximate surface area is 162 Å². The van der Waals surface area contributed by atoms with E-state index in [1.54, 1.807) is 13.1 Å². The van der Waals surface area contributed by atoms with E-state index in [1.165, 1.54) is 6.92 Å². The van der Waals surface area contributed by atoms with Crippen molar-refractivity contribution >= 4 is 17.6 Å². The second-order valence-corrected chi connectivity index (χ2v) is 6.51. The smallest absolute Gasteiger partial charge is 0.221 e. The molecule has 0 aromatic heterocycles. The summed E-state index contributed by atoms with van der Waals surface area (Å²) in [4.78, 5) is 15.3. The molecule has 0 fully saturated rings. The monoisotopic (exact) mass is 378 g/mol. The van der Waals surface area contributed by atoms with Gasteiger partial charge in [-0.05, 0) is 31.4 Å². The fourth-order valence-corrected chi connectivity index (χ4v) is 2.58. The van der Waals surface area contributed by atoms with Gasteiger partial charge in [-0.15, -0.1) is 0 Å². The fraction of sp³-hybridized carbons (Fsp3) is 0.600. The lowest BCUT2D eigenvalue weighted by Gasteiger charge is -2.21. The quantitative estimate of drug-likeness (QED) is 0.313. The van der Waals surface area contributed by atoms with Crippen molar-refractivity contribution in [2.45, 2.75) is 40.2 Å². The zero-order chi connectivity index (χ0) is 20.1. The lowest BCUT2D eigenvalue weighted by atomic mass is 10.0. The third kappa shape index (κ3) is 9.84. The number of hydrogen-bond acceptors (Lipinski definition) is 4. The molecular formula is C20H34N4O3. The van der Waals surface area contributed by atoms with Crippen LogP contribution in [0.1, 0.15) is 34.1 Å². The highest BCUT2D eigenvalue weighted by Crippen LogP contribution is 2.17. The Kier molecular flexibility index (Phi) is 10.9. The second kappa shape index (κ2) is 13.0. The molecule has 7 nitrogen and oxygen atoms in total. The van der Waals surface area contributed by atoms with Gasteiger partial charge < -0.3 is 25.4 Å². The van der Waals surface area contributed by atoms with Crippen LogP contribution in [0.5, 0.6) is 5.75 Å². The first-order valence-electron chi connectivity index (χ1n) is 9.52. The van der Waals surface area contributed by atoms with Gasteiger partial charge in [-0.25, -0.2) is 0 Å². The van der Waals surface area contributed by atoms with Gasteiger partial charge in [-0.3, -0.25) is 9.79 Å². The van der Waals surface area contributed by atoms with Crippen molar-refractivity contribution in [3.8, 4) is 5.75 Å². The highest BCUT2D eigenvalue weighted by Gasteiger charge is 2.12. The highest BCUT2D eigenvalue weighted by atomic mass is 16.5. The molecule has 27 heavy (non-hydrogen) atoms. The van der Waals surface area contributed by atoms with Crippen LogP contribution in [0.3, 0.4) is 0 Å². The predicted molar refractivity (Wildman–Crippen MR) is 110 cm³/mol. The lowest BCUT2D eigenvalue weighted by molar-refractivity contribution is -0.114. The number of carbonyl (C=O) groups excluding carboxylic acids is 1. The first kappa shape index (κ1) is 22.8. The molecule has 152 valence electrons. The average molecular weight is 379 g/mol. The zero-order valence-corrected chi connectivity index (χ0v) is 17.2. The molecule has 1 amide bonds. The molecule has 0 aliphatic carbocycles. The van der Waals surface area contributed by atoms with E-state index < -0.39 is 0 Å². The maximum atomic E-state index is 11.1. The number of anilines is 1. The minimum absolute atomic E-state index is 0.104. The van der Waals surface area contributed by atoms with Crippen molar-refractivity contribution in [2.24, 2.45) is 10.9 Å². The summed E-state index contributed by atoms with van der Waals surface area (Å²) >= 11 is 0. The van der Waals surface area contributed by atoms with E-state index in [4.69, 9.17) is 9.47 Å². The minimum Gasteiger partial charge on any atom is -0.492 e. The molecular weight excluding hydrogens is 344 g/mol. The average Bonchev–Trinajstić information content (AvgIpc) is 2.62. The molecule has 0 aliphatic heterocycles. The molecule has 0 saturated heterocycles. The summed E-state index contributed by atoms with van der Waals surface area (Å²) < 4.78 is 11.5. The van der Waals surface area contributed by atoms with Crippen LogP contribution in [0, 0.1) is 5.92 Å². The zero-order valence-electron chi connectivity index (χ0n) is 17.2. The Hall–Kier alpha value is -2.28. The van der Waals surface area contributed by atoms with Gasteiger partial charge in [0.25, 0.3) is 0 Å². The Balaban J connectivity index is 2.30. The van der Waals surface area contributed by atoms with Crippen LogP contribution >= 0.6 is 0 Å². The van der Waals surface area contributed by atoms with Gasteiger partial charge in [0.15, 0.2) is 5.96 Å². The van der Waals surface area contributed by atoms with Crippen molar-refractivity contribution in [3.63, 3.8) is 0 Å². The summed E-state index contributed by atoms with van der Waals surface area (Å²) in [6, 6.07) is 7.33. The molecule has 0 heterocycles. The second-order valence-electron chi connectivity index (χ2n) is 6.51. The molecule has 1 rings (SSSR count). The maximum absolute atomic E-state index is 11.1. The van der Waals surface area contributed by atoms with E-state index in [-0.39, 0.29) is 12.0 Å². The van der Waals surface area contributed by atoms with E-state index in [0.717, 1.165) is 31.2 Å². The Bertz CT molecular complexity index is 590. The van der Waals surface area contributed by atoms with Crippen molar-refractivity contribution in [3.05, 3.63) is 24.3 Å². The predicted octanol–water partition coefficient (Wildman–Crippen LogP) is 2.64. The standard InChI is InChI=1S/C20H34N4O3/c1-6-26-19(15(2)3)10-11-22-20(21-5)23-12-13-27-18-9-7-8-17(14-18)24-16(4)25/h7-9,14-15,19H,6,10-13H2,1-5H3,(H,24,25)(H2,21,22,23). The maximum Gasteiger partial charge on any atom is 0.221 e. The van der Waals surface area contributed by atoms with E-state index in [0.29, 0.717) is 24.8 Å². The number of nitrogens with zero attached hydrogens (tertiary/aromatic N) is 1. The molecule has 1 aromatic carbocycles. The van der Waals surface area contributed by atoms with E-state index in [1.807, 2.05) is 25.1 Å². The van der Waals surface area contributed by atoms with Crippen molar-refractivity contribution in [1.82, 2.24) is 10.6 Å². The summed E-state index contributed by atoms with van der Waals surface area (Å²) in [6.07, 6.45) is 1.18. The normalized spacial score (nSPS) is 12.6. The Morgan fingerprint density at radius 3 is 2.59 bits per heavy atom.